The summed E-state index contributed by atoms with van der Waals surface area (Å²) in [4.78, 5) is 28.1. The van der Waals surface area contributed by atoms with Crippen molar-refractivity contribution >= 4 is 11.9 Å². The summed E-state index contributed by atoms with van der Waals surface area (Å²) in [6, 6.07) is 6.17. The summed E-state index contributed by atoms with van der Waals surface area (Å²) in [5.41, 5.74) is 6.15. The first kappa shape index (κ1) is 26.4. The van der Waals surface area contributed by atoms with Crippen molar-refractivity contribution in [3.8, 4) is 0 Å². The maximum atomic E-state index is 14.2. The van der Waals surface area contributed by atoms with E-state index in [-0.39, 0.29) is 29.2 Å². The van der Waals surface area contributed by atoms with Gasteiger partial charge in [-0.15, -0.1) is 0 Å². The predicted molar refractivity (Wildman–Crippen MR) is 161 cm³/mol. The highest BCUT2D eigenvalue weighted by molar-refractivity contribution is 5.99. The number of esters is 2. The monoisotopic (exact) mass is 563 g/mol. The summed E-state index contributed by atoms with van der Waals surface area (Å²) >= 11 is 0. The quantitative estimate of drug-likeness (QED) is 0.302. The molecule has 8 atom stereocenters. The Kier molecular flexibility index (Phi) is 5.77. The van der Waals surface area contributed by atoms with E-state index in [0.717, 1.165) is 61.8 Å². The van der Waals surface area contributed by atoms with Crippen molar-refractivity contribution in [1.29, 1.82) is 0 Å². The number of allylic oxidation sites excluding steroid dienone is 8. The summed E-state index contributed by atoms with van der Waals surface area (Å²) in [5, 5.41) is 0. The van der Waals surface area contributed by atoms with Crippen molar-refractivity contribution in [2.24, 2.45) is 45.7 Å². The van der Waals surface area contributed by atoms with E-state index in [0.29, 0.717) is 23.9 Å². The van der Waals surface area contributed by atoms with Gasteiger partial charge in [0.05, 0.1) is 11.0 Å². The summed E-state index contributed by atoms with van der Waals surface area (Å²) in [6.45, 7) is 2.72. The van der Waals surface area contributed by atoms with Gasteiger partial charge in [-0.25, -0.2) is 4.79 Å². The van der Waals surface area contributed by atoms with Gasteiger partial charge in [-0.1, -0.05) is 80.2 Å². The van der Waals surface area contributed by atoms with Gasteiger partial charge in [0.1, 0.15) is 11.2 Å². The lowest BCUT2D eigenvalue weighted by Gasteiger charge is -2.68. The SMILES string of the molecule is CCC[C@@H]1[C@@]2(OC(=O)c3c(CCCN)cccc32)[C@@]23CCC=C[C@@]12C(=O)O/C3=C\[C@H]1C=C[C@H]2CC[C@H]3C=CC=C[C@@]32C1. The zero-order valence-electron chi connectivity index (χ0n) is 24.5. The Balaban J connectivity index is 1.29. The molecule has 5 aliphatic carbocycles. The normalized spacial score (nSPS) is 42.6. The molecule has 2 saturated carbocycles. The fraction of sp³-hybridized carbons (Fsp3) is 0.514. The Morgan fingerprint density at radius 3 is 2.76 bits per heavy atom. The largest absolute Gasteiger partial charge is 0.449 e. The molecule has 42 heavy (non-hydrogen) atoms. The second-order valence-corrected chi connectivity index (χ2v) is 13.7. The van der Waals surface area contributed by atoms with E-state index >= 15 is 0 Å². The number of aryl methyl sites for hydroxylation is 1. The highest BCUT2D eigenvalue weighted by Gasteiger charge is 2.90. The molecular weight excluding hydrogens is 522 g/mol. The van der Waals surface area contributed by atoms with Crippen molar-refractivity contribution in [3.05, 3.63) is 95.3 Å². The number of hydrogen-bond donors (Lipinski definition) is 1. The molecular formula is C37H41NO4. The Bertz CT molecular complexity index is 1520. The van der Waals surface area contributed by atoms with Crippen molar-refractivity contribution in [2.45, 2.75) is 70.3 Å². The van der Waals surface area contributed by atoms with E-state index < -0.39 is 16.4 Å². The van der Waals surface area contributed by atoms with Gasteiger partial charge in [0.15, 0.2) is 5.60 Å². The van der Waals surface area contributed by atoms with Crippen LogP contribution in [0.4, 0.5) is 0 Å². The average Bonchev–Trinajstić information content (AvgIpc) is 3.61. The highest BCUT2D eigenvalue weighted by Crippen LogP contribution is 2.84. The van der Waals surface area contributed by atoms with Gasteiger partial charge in [-0.3, -0.25) is 4.79 Å². The van der Waals surface area contributed by atoms with Crippen LogP contribution in [0, 0.1) is 39.9 Å². The molecule has 1 saturated heterocycles. The summed E-state index contributed by atoms with van der Waals surface area (Å²) < 4.78 is 13.1. The van der Waals surface area contributed by atoms with Gasteiger partial charge in [0.2, 0.25) is 0 Å². The molecule has 1 aromatic rings. The Morgan fingerprint density at radius 2 is 1.93 bits per heavy atom. The number of carbonyl (C=O) groups is 2. The zero-order chi connectivity index (χ0) is 28.7. The van der Waals surface area contributed by atoms with Crippen LogP contribution in [0.2, 0.25) is 0 Å². The van der Waals surface area contributed by atoms with Crippen molar-refractivity contribution in [2.75, 3.05) is 6.54 Å². The maximum absolute atomic E-state index is 14.2. The lowest BCUT2D eigenvalue weighted by Crippen LogP contribution is -2.75. The van der Waals surface area contributed by atoms with Crippen molar-refractivity contribution in [3.63, 3.8) is 0 Å². The van der Waals surface area contributed by atoms with Gasteiger partial charge in [0.25, 0.3) is 0 Å². The standard InChI is InChI=1S/C37H41NO4/c1-2-9-29-35-19-5-6-20-36(35,37(29)28-13-7-10-25(11-8-21-38)31(28)32(39)42-37)30(41-33(35)40)22-24-14-15-27-17-16-26-12-3-4-18-34(26,27)23-24/h3-5,7,10,12-15,18-19,22,24,26-27,29H,2,6,8-9,11,16-17,20-21,23,38H2,1H3/b30-22-/t24-,26-,27+,29+,34-,35+,36-,37-/m1/s1. The molecule has 5 heteroatoms. The topological polar surface area (TPSA) is 78.6 Å². The average molecular weight is 564 g/mol. The number of nitrogens with two attached hydrogens (primary N) is 1. The molecule has 1 aromatic carbocycles. The van der Waals surface area contributed by atoms with E-state index in [1.165, 1.54) is 12.8 Å². The molecule has 2 spiro atoms. The van der Waals surface area contributed by atoms with Gasteiger partial charge in [0, 0.05) is 16.9 Å². The molecule has 3 fully saturated rings. The third-order valence-electron chi connectivity index (χ3n) is 12.2. The summed E-state index contributed by atoms with van der Waals surface area (Å²) in [5.74, 6) is 1.37. The molecule has 2 N–H and O–H groups in total. The van der Waals surface area contributed by atoms with Crippen LogP contribution in [0.3, 0.4) is 0 Å². The first-order valence-electron chi connectivity index (χ1n) is 16.2. The third-order valence-corrected chi connectivity index (χ3v) is 12.2. The number of carbonyl (C=O) groups excluding carboxylic acids is 2. The van der Waals surface area contributed by atoms with Crippen LogP contribution in [0.25, 0.3) is 0 Å². The fourth-order valence-electron chi connectivity index (χ4n) is 10.7. The molecule has 0 bridgehead atoms. The minimum absolute atomic E-state index is 0.126. The second kappa shape index (κ2) is 9.16. The van der Waals surface area contributed by atoms with Crippen LogP contribution >= 0.6 is 0 Å². The van der Waals surface area contributed by atoms with Crippen molar-refractivity contribution < 1.29 is 19.1 Å². The van der Waals surface area contributed by atoms with Gasteiger partial charge < -0.3 is 15.2 Å². The first-order valence-corrected chi connectivity index (χ1v) is 16.2. The first-order chi connectivity index (χ1) is 20.5. The van der Waals surface area contributed by atoms with E-state index in [9.17, 15) is 9.59 Å². The van der Waals surface area contributed by atoms with Crippen LogP contribution in [-0.4, -0.2) is 18.5 Å². The summed E-state index contributed by atoms with van der Waals surface area (Å²) in [6.07, 6.45) is 28.7. The number of rotatable bonds is 6. The van der Waals surface area contributed by atoms with Gasteiger partial charge in [-0.05, 0) is 87.3 Å². The minimum Gasteiger partial charge on any atom is -0.449 e. The third kappa shape index (κ3) is 2.94. The van der Waals surface area contributed by atoms with Gasteiger partial charge in [-0.2, -0.15) is 0 Å². The van der Waals surface area contributed by atoms with Gasteiger partial charge >= 0.3 is 11.9 Å². The Morgan fingerprint density at radius 1 is 1.07 bits per heavy atom. The number of ether oxygens (including phenoxy) is 2. The molecule has 7 aliphatic rings. The number of fused-ring (bicyclic) bond motifs is 2. The number of hydrogen-bond acceptors (Lipinski definition) is 5. The van der Waals surface area contributed by atoms with E-state index in [1.807, 2.05) is 6.07 Å². The smallest absolute Gasteiger partial charge is 0.339 e. The second-order valence-electron chi connectivity index (χ2n) is 13.7. The number of cyclic esters (lactones) is 1. The molecule has 2 aliphatic heterocycles. The van der Waals surface area contributed by atoms with Crippen LogP contribution in [0.15, 0.2) is 78.6 Å². The lowest BCUT2D eigenvalue weighted by atomic mass is 9.32. The summed E-state index contributed by atoms with van der Waals surface area (Å²) in [7, 11) is 0. The lowest BCUT2D eigenvalue weighted by molar-refractivity contribution is -0.270. The van der Waals surface area contributed by atoms with Crippen LogP contribution in [0.1, 0.15) is 79.8 Å². The molecule has 5 nitrogen and oxygen atoms in total. The van der Waals surface area contributed by atoms with E-state index in [4.69, 9.17) is 15.2 Å². The molecule has 8 rings (SSSR count). The minimum atomic E-state index is -0.917. The molecule has 0 unspecified atom stereocenters. The predicted octanol–water partition coefficient (Wildman–Crippen LogP) is 6.85. The molecule has 2 heterocycles. The maximum Gasteiger partial charge on any atom is 0.339 e. The molecule has 0 amide bonds. The Hall–Kier alpha value is -3.18. The molecule has 0 aromatic heterocycles. The molecule has 0 radical (unpaired) electrons. The zero-order valence-corrected chi connectivity index (χ0v) is 24.5. The van der Waals surface area contributed by atoms with E-state index in [2.05, 4.69) is 73.7 Å². The highest BCUT2D eigenvalue weighted by atomic mass is 16.6. The van der Waals surface area contributed by atoms with Crippen LogP contribution in [0.5, 0.6) is 0 Å². The Labute approximate surface area is 248 Å². The fourth-order valence-corrected chi connectivity index (χ4v) is 10.7. The molecule has 218 valence electrons. The van der Waals surface area contributed by atoms with Crippen molar-refractivity contribution in [1.82, 2.24) is 0 Å². The van der Waals surface area contributed by atoms with Crippen LogP contribution in [-0.2, 0) is 26.3 Å². The number of benzene rings is 1. The van der Waals surface area contributed by atoms with E-state index in [1.54, 1.807) is 0 Å². The van der Waals surface area contributed by atoms with Crippen LogP contribution < -0.4 is 5.73 Å².